The van der Waals surface area contributed by atoms with E-state index in [1.807, 2.05) is 76.2 Å². The van der Waals surface area contributed by atoms with Crippen molar-refractivity contribution in [3.05, 3.63) is 95.4 Å². The third kappa shape index (κ3) is 16.5. The van der Waals surface area contributed by atoms with Crippen molar-refractivity contribution in [3.63, 3.8) is 0 Å². The molecule has 2 atom stereocenters. The number of hydrogen-bond donors (Lipinski definition) is 7. The van der Waals surface area contributed by atoms with Crippen LogP contribution in [0.1, 0.15) is 124 Å². The van der Waals surface area contributed by atoms with Crippen LogP contribution >= 0.6 is 0 Å². The molecule has 66 heavy (non-hydrogen) atoms. The molecule has 8 N–H and O–H groups in total. The number of likely N-dealkylation sites (N-methyl/N-ethyl adjacent to an activating group) is 2. The van der Waals surface area contributed by atoms with Gasteiger partial charge in [0, 0.05) is 44.4 Å². The topological polar surface area (TPSA) is 239 Å². The molecular weight excluding hydrogens is 841 g/mol. The zero-order valence-electron chi connectivity index (χ0n) is 39.2. The molecule has 2 aliphatic rings. The molecule has 356 valence electrons. The molecule has 4 aromatic rings. The highest BCUT2D eigenvalue weighted by Gasteiger charge is 2.32. The average Bonchev–Trinajstić information content (AvgIpc) is 4.04. The van der Waals surface area contributed by atoms with Crippen molar-refractivity contribution >= 4 is 35.7 Å². The number of urea groups is 1. The lowest BCUT2D eigenvalue weighted by Crippen LogP contribution is -2.50. The van der Waals surface area contributed by atoms with Gasteiger partial charge in [0.05, 0.1) is 6.04 Å². The Kier molecular flexibility index (Phi) is 21.4. The first kappa shape index (κ1) is 52.1. The van der Waals surface area contributed by atoms with E-state index in [0.717, 1.165) is 73.6 Å². The fraction of sp³-hybridized carbons (Fsp3) is 0.480. The Labute approximate surface area is 388 Å². The molecule has 0 spiro atoms. The number of isocyanates is 1. The van der Waals surface area contributed by atoms with Gasteiger partial charge in [-0.05, 0) is 113 Å². The van der Waals surface area contributed by atoms with Crippen molar-refractivity contribution in [2.24, 2.45) is 22.6 Å². The number of nitrogens with two attached hydrogens (primary N) is 1. The van der Waals surface area contributed by atoms with Gasteiger partial charge < -0.3 is 46.5 Å². The summed E-state index contributed by atoms with van der Waals surface area (Å²) in [4.78, 5) is 74.7. The first-order chi connectivity index (χ1) is 31.8. The number of carbonyl (C=O) groups excluding carboxylic acids is 6. The van der Waals surface area contributed by atoms with Gasteiger partial charge >= 0.3 is 6.03 Å². The molecule has 0 saturated heterocycles. The Morgan fingerprint density at radius 2 is 1.11 bits per heavy atom. The fourth-order valence-electron chi connectivity index (χ4n) is 7.98. The molecule has 0 aliphatic heterocycles. The minimum atomic E-state index is -0.567. The van der Waals surface area contributed by atoms with Crippen molar-refractivity contribution in [3.8, 4) is 22.6 Å². The number of benzene rings is 2. The molecular formula is C50H68N8O8. The molecule has 2 saturated carbocycles. The number of hydrogen-bond acceptors (Lipinski definition) is 10. The predicted octanol–water partition coefficient (Wildman–Crippen LogP) is 7.14. The first-order valence-electron chi connectivity index (χ1n) is 23.0. The van der Waals surface area contributed by atoms with Crippen LogP contribution in [0, 0.1) is 11.8 Å². The van der Waals surface area contributed by atoms with Gasteiger partial charge in [0.15, 0.2) is 11.5 Å². The Morgan fingerprint density at radius 1 is 0.652 bits per heavy atom. The van der Waals surface area contributed by atoms with E-state index in [0.29, 0.717) is 24.6 Å². The van der Waals surface area contributed by atoms with Gasteiger partial charge in [-0.1, -0.05) is 74.9 Å². The second kappa shape index (κ2) is 27.1. The van der Waals surface area contributed by atoms with Crippen LogP contribution in [0.15, 0.2) is 86.6 Å². The lowest BCUT2D eigenvalue weighted by Gasteiger charge is -2.29. The number of amides is 6. The summed E-state index contributed by atoms with van der Waals surface area (Å²) in [5.41, 5.74) is 9.25. The summed E-state index contributed by atoms with van der Waals surface area (Å²) in [6, 6.07) is 20.9. The third-order valence-corrected chi connectivity index (χ3v) is 11.4. The second-order valence-corrected chi connectivity index (χ2v) is 17.2. The van der Waals surface area contributed by atoms with E-state index in [9.17, 15) is 28.8 Å². The van der Waals surface area contributed by atoms with Crippen molar-refractivity contribution < 1.29 is 37.6 Å². The molecule has 16 heteroatoms. The Bertz CT molecular complexity index is 2230. The zero-order valence-corrected chi connectivity index (χ0v) is 39.2. The van der Waals surface area contributed by atoms with E-state index in [-0.39, 0.29) is 59.2 Å². The Morgan fingerprint density at radius 3 is 1.50 bits per heavy atom. The second-order valence-electron chi connectivity index (χ2n) is 17.2. The molecule has 2 fully saturated rings. The van der Waals surface area contributed by atoms with Crippen molar-refractivity contribution in [2.75, 3.05) is 14.1 Å². The minimum absolute atomic E-state index is 0.0603. The summed E-state index contributed by atoms with van der Waals surface area (Å²) >= 11 is 0. The summed E-state index contributed by atoms with van der Waals surface area (Å²) in [5.74, 6) is 0.711. The van der Waals surface area contributed by atoms with Crippen LogP contribution in [-0.4, -0.2) is 74.0 Å². The summed E-state index contributed by atoms with van der Waals surface area (Å²) in [7, 11) is 3.18. The Balaban J connectivity index is 0.000000260. The monoisotopic (exact) mass is 909 g/mol. The Hall–Kier alpha value is -6.51. The average molecular weight is 909 g/mol. The van der Waals surface area contributed by atoms with Crippen LogP contribution in [-0.2, 0) is 27.5 Å². The van der Waals surface area contributed by atoms with Gasteiger partial charge in [0.2, 0.25) is 17.9 Å². The largest absolute Gasteiger partial charge is 0.451 e. The summed E-state index contributed by atoms with van der Waals surface area (Å²) in [6.07, 6.45) is 11.9. The number of furan rings is 2. The van der Waals surface area contributed by atoms with Crippen molar-refractivity contribution in [1.29, 1.82) is 0 Å². The van der Waals surface area contributed by atoms with Gasteiger partial charge in [0.1, 0.15) is 23.6 Å². The van der Waals surface area contributed by atoms with Gasteiger partial charge in [-0.2, -0.15) is 0 Å². The molecule has 0 bridgehead atoms. The number of aliphatic imine (C=N–C) groups is 1. The smallest absolute Gasteiger partial charge is 0.315 e. The van der Waals surface area contributed by atoms with Crippen LogP contribution in [0.2, 0.25) is 0 Å². The van der Waals surface area contributed by atoms with Crippen molar-refractivity contribution in [1.82, 2.24) is 31.9 Å². The van der Waals surface area contributed by atoms with E-state index in [2.05, 4.69) is 36.9 Å². The van der Waals surface area contributed by atoms with Crippen molar-refractivity contribution in [2.45, 2.75) is 129 Å². The maximum Gasteiger partial charge on any atom is 0.315 e. The van der Waals surface area contributed by atoms with Gasteiger partial charge in [0.25, 0.3) is 11.8 Å². The maximum atomic E-state index is 12.9. The molecule has 0 unspecified atom stereocenters. The lowest BCUT2D eigenvalue weighted by atomic mass is 9.83. The highest BCUT2D eigenvalue weighted by atomic mass is 16.4. The zero-order chi connectivity index (χ0) is 48.0. The molecule has 6 rings (SSSR count). The minimum Gasteiger partial charge on any atom is -0.451 e. The maximum absolute atomic E-state index is 12.9. The summed E-state index contributed by atoms with van der Waals surface area (Å²) < 4.78 is 11.6. The number of rotatable bonds is 15. The summed E-state index contributed by atoms with van der Waals surface area (Å²) in [5, 5.41) is 16.7. The number of nitrogens with zero attached hydrogens (tertiary/aromatic N) is 1. The highest BCUT2D eigenvalue weighted by molar-refractivity contribution is 5.97. The third-order valence-electron chi connectivity index (χ3n) is 11.4. The first-order valence-corrected chi connectivity index (χ1v) is 23.0. The highest BCUT2D eigenvalue weighted by Crippen LogP contribution is 2.29. The molecule has 0 radical (unpaired) electrons. The molecule has 2 aromatic carbocycles. The quantitative estimate of drug-likeness (QED) is 0.0473. The predicted molar refractivity (Wildman–Crippen MR) is 254 cm³/mol. The van der Waals surface area contributed by atoms with Gasteiger partial charge in [-0.25, -0.2) is 14.6 Å². The molecule has 2 heterocycles. The lowest BCUT2D eigenvalue weighted by molar-refractivity contribution is -0.124. The number of carbonyl (C=O) groups is 5. The van der Waals surface area contributed by atoms with Crippen LogP contribution in [0.25, 0.3) is 22.6 Å². The van der Waals surface area contributed by atoms with E-state index in [1.165, 1.54) is 18.9 Å². The molecule has 2 aromatic heterocycles. The van der Waals surface area contributed by atoms with Crippen LogP contribution in [0.3, 0.4) is 0 Å². The van der Waals surface area contributed by atoms with Crippen LogP contribution in [0.4, 0.5) is 4.79 Å². The van der Waals surface area contributed by atoms with Gasteiger partial charge in [-0.15, -0.1) is 0 Å². The van der Waals surface area contributed by atoms with Crippen LogP contribution < -0.4 is 37.6 Å². The fourth-order valence-corrected chi connectivity index (χ4v) is 7.98. The molecule has 2 aliphatic carbocycles. The van der Waals surface area contributed by atoms with E-state index >= 15 is 0 Å². The number of nitrogens with one attached hydrogen (secondary N) is 6. The van der Waals surface area contributed by atoms with Crippen LogP contribution in [0.5, 0.6) is 0 Å². The van der Waals surface area contributed by atoms with E-state index in [4.69, 9.17) is 14.6 Å². The normalized spacial score (nSPS) is 14.7. The van der Waals surface area contributed by atoms with E-state index in [1.54, 1.807) is 38.4 Å². The van der Waals surface area contributed by atoms with Gasteiger partial charge in [-0.3, -0.25) is 19.2 Å². The molecule has 16 nitrogen and oxygen atoms in total. The molecule has 6 amide bonds. The summed E-state index contributed by atoms with van der Waals surface area (Å²) in [6.45, 7) is 8.26. The van der Waals surface area contributed by atoms with E-state index < -0.39 is 18.0 Å². The SMILES string of the molecule is CC(C)N=C=O.CNC(=O)[C@@H](NC(=O)c1ccc(-c2cccc(CN)c2)o1)C1CCCCC1.CNC(=O)[C@@H](NC(=O)c1ccc(-c2cccc(CNC(=O)NC(C)C)c2)o1)C1CCCCC1. The standard InChI is InChI=1S/C25H34N4O4.C21H27N3O3.C4H7NO/c1-16(2)28-25(32)27-15-17-8-7-11-19(14-17)20-12-13-21(33-20)23(30)29-22(24(31)26-3)18-9-5-4-6-10-18;1-23-21(26)19(15-7-3-2-4-8-15)24-20(25)18-11-10-17(27-18)16-9-5-6-14(12-16)13-22;1-4(2)5-3-6/h7-8,11-14,16,18,22H,4-6,9-10,15H2,1-3H3,(H,26,31)(H,29,30)(H2,27,28,32);5-6,9-12,15,19H,2-4,7-8,13,22H2,1H3,(H,23,26)(H,24,25);4H,1-2H3/t22-;19-;/m00./s1.